The van der Waals surface area contributed by atoms with Gasteiger partial charge in [0.15, 0.2) is 5.82 Å². The molecule has 0 unspecified atom stereocenters. The number of nitrogens with zero attached hydrogens (tertiary/aromatic N) is 2. The predicted molar refractivity (Wildman–Crippen MR) is 63.0 cm³/mol. The van der Waals surface area contributed by atoms with Crippen LogP contribution in [0.2, 0.25) is 0 Å². The van der Waals surface area contributed by atoms with Crippen molar-refractivity contribution in [3.8, 4) is 5.88 Å². The lowest BCUT2D eigenvalue weighted by Crippen LogP contribution is -2.35. The van der Waals surface area contributed by atoms with Crippen molar-refractivity contribution in [2.75, 3.05) is 20.1 Å². The second-order valence-electron chi connectivity index (χ2n) is 4.06. The minimum atomic E-state index is -0.409. The Morgan fingerprint density at radius 3 is 2.81 bits per heavy atom. The second-order valence-corrected chi connectivity index (χ2v) is 4.98. The van der Waals surface area contributed by atoms with Gasteiger partial charge in [-0.3, -0.25) is 0 Å². The third-order valence-corrected chi connectivity index (χ3v) is 3.15. The molecule has 0 N–H and O–H groups in total. The first kappa shape index (κ1) is 11.8. The summed E-state index contributed by atoms with van der Waals surface area (Å²) in [5.74, 6) is -0.300. The zero-order valence-electron chi connectivity index (χ0n) is 9.12. The molecule has 88 valence electrons. The van der Waals surface area contributed by atoms with Crippen molar-refractivity contribution >= 4 is 15.9 Å². The number of likely N-dealkylation sites (tertiary alicyclic amines) is 1. The van der Waals surface area contributed by atoms with Gasteiger partial charge in [-0.2, -0.15) is 0 Å². The van der Waals surface area contributed by atoms with E-state index >= 15 is 0 Å². The largest absolute Gasteiger partial charge is 0.472 e. The molecule has 2 rings (SSSR count). The topological polar surface area (TPSA) is 25.4 Å². The van der Waals surface area contributed by atoms with Crippen LogP contribution in [0.3, 0.4) is 0 Å². The highest BCUT2D eigenvalue weighted by Gasteiger charge is 2.19. The molecule has 0 saturated carbocycles. The van der Waals surface area contributed by atoms with Crippen LogP contribution in [0.4, 0.5) is 4.39 Å². The molecule has 1 aromatic heterocycles. The maximum absolute atomic E-state index is 13.5. The van der Waals surface area contributed by atoms with Gasteiger partial charge in [-0.1, -0.05) is 0 Å². The Morgan fingerprint density at radius 2 is 2.19 bits per heavy atom. The fourth-order valence-electron chi connectivity index (χ4n) is 1.75. The Labute approximate surface area is 103 Å². The molecule has 1 aliphatic rings. The van der Waals surface area contributed by atoms with E-state index in [2.05, 4.69) is 32.9 Å². The molecule has 5 heteroatoms. The Balaban J connectivity index is 1.98. The molecule has 1 saturated heterocycles. The van der Waals surface area contributed by atoms with E-state index in [1.165, 1.54) is 6.07 Å². The summed E-state index contributed by atoms with van der Waals surface area (Å²) in [6.07, 6.45) is 3.48. The van der Waals surface area contributed by atoms with Gasteiger partial charge in [-0.25, -0.2) is 9.37 Å². The number of aromatic nitrogens is 1. The molecule has 1 fully saturated rings. The van der Waals surface area contributed by atoms with E-state index in [9.17, 15) is 4.39 Å². The highest BCUT2D eigenvalue weighted by Crippen LogP contribution is 2.21. The highest BCUT2D eigenvalue weighted by atomic mass is 79.9. The number of pyridine rings is 1. The smallest absolute Gasteiger partial charge is 0.250 e. The molecule has 0 spiro atoms. The van der Waals surface area contributed by atoms with Crippen LogP contribution in [0.15, 0.2) is 16.7 Å². The maximum atomic E-state index is 13.5. The lowest BCUT2D eigenvalue weighted by molar-refractivity contribution is 0.105. The van der Waals surface area contributed by atoms with Crippen molar-refractivity contribution in [1.82, 2.24) is 9.88 Å². The summed E-state index contributed by atoms with van der Waals surface area (Å²) < 4.78 is 19.6. The van der Waals surface area contributed by atoms with Crippen LogP contribution in [-0.2, 0) is 0 Å². The summed E-state index contributed by atoms with van der Waals surface area (Å²) in [5.41, 5.74) is 0. The van der Waals surface area contributed by atoms with Crippen molar-refractivity contribution in [2.24, 2.45) is 0 Å². The summed E-state index contributed by atoms with van der Waals surface area (Å²) in [7, 11) is 2.08. The Kier molecular flexibility index (Phi) is 3.76. The minimum absolute atomic E-state index is 0.0828. The monoisotopic (exact) mass is 288 g/mol. The van der Waals surface area contributed by atoms with E-state index in [4.69, 9.17) is 4.74 Å². The van der Waals surface area contributed by atoms with Crippen LogP contribution < -0.4 is 4.74 Å². The first-order chi connectivity index (χ1) is 7.65. The Hall–Kier alpha value is -0.680. The number of piperidine rings is 1. The van der Waals surface area contributed by atoms with Crippen LogP contribution in [0.1, 0.15) is 12.8 Å². The van der Waals surface area contributed by atoms with Crippen molar-refractivity contribution in [1.29, 1.82) is 0 Å². The van der Waals surface area contributed by atoms with Crippen molar-refractivity contribution in [3.05, 3.63) is 22.6 Å². The van der Waals surface area contributed by atoms with Gasteiger partial charge in [0.2, 0.25) is 0 Å². The van der Waals surface area contributed by atoms with Crippen LogP contribution in [0, 0.1) is 5.82 Å². The summed E-state index contributed by atoms with van der Waals surface area (Å²) >= 11 is 3.16. The van der Waals surface area contributed by atoms with Gasteiger partial charge in [0, 0.05) is 23.8 Å². The molecule has 2 heterocycles. The van der Waals surface area contributed by atoms with E-state index in [0.717, 1.165) is 25.9 Å². The Bertz CT molecular complexity index is 367. The molecule has 0 amide bonds. The van der Waals surface area contributed by atoms with Gasteiger partial charge in [-0.05, 0) is 41.9 Å². The number of hydrogen-bond donors (Lipinski definition) is 0. The summed E-state index contributed by atoms with van der Waals surface area (Å²) in [6.45, 7) is 1.98. The standard InChI is InChI=1S/C11H14BrFN2O/c1-15-4-2-9(3-5-15)16-11-10(13)6-8(12)7-14-11/h6-7,9H,2-5H2,1H3. The molecule has 0 atom stereocenters. The summed E-state index contributed by atoms with van der Waals surface area (Å²) in [6, 6.07) is 1.37. The molecule has 1 aliphatic heterocycles. The van der Waals surface area contributed by atoms with E-state index in [0.29, 0.717) is 4.47 Å². The first-order valence-electron chi connectivity index (χ1n) is 5.31. The van der Waals surface area contributed by atoms with Gasteiger partial charge < -0.3 is 9.64 Å². The highest BCUT2D eigenvalue weighted by molar-refractivity contribution is 9.10. The number of hydrogen-bond acceptors (Lipinski definition) is 3. The molecule has 1 aromatic rings. The quantitative estimate of drug-likeness (QED) is 0.836. The van der Waals surface area contributed by atoms with E-state index in [1.54, 1.807) is 6.20 Å². The van der Waals surface area contributed by atoms with Crippen LogP contribution in [-0.4, -0.2) is 36.1 Å². The third-order valence-electron chi connectivity index (χ3n) is 2.72. The average Bonchev–Trinajstić information content (AvgIpc) is 2.25. The average molecular weight is 289 g/mol. The van der Waals surface area contributed by atoms with Gasteiger partial charge in [0.05, 0.1) is 0 Å². The zero-order valence-corrected chi connectivity index (χ0v) is 10.7. The summed E-state index contributed by atoms with van der Waals surface area (Å²) in [5, 5.41) is 0. The number of halogens is 2. The van der Waals surface area contributed by atoms with Crippen LogP contribution in [0.5, 0.6) is 5.88 Å². The van der Waals surface area contributed by atoms with Gasteiger partial charge in [-0.15, -0.1) is 0 Å². The molecule has 0 aliphatic carbocycles. The predicted octanol–water partition coefficient (Wildman–Crippen LogP) is 2.46. The first-order valence-corrected chi connectivity index (χ1v) is 6.10. The lowest BCUT2D eigenvalue weighted by Gasteiger charge is -2.28. The molecule has 0 aromatic carbocycles. The second kappa shape index (κ2) is 5.10. The molecule has 0 radical (unpaired) electrons. The SMILES string of the molecule is CN1CCC(Oc2ncc(Br)cc2F)CC1. The van der Waals surface area contributed by atoms with E-state index in [-0.39, 0.29) is 12.0 Å². The number of ether oxygens (including phenoxy) is 1. The fraction of sp³-hybridized carbons (Fsp3) is 0.545. The normalized spacial score (nSPS) is 18.7. The van der Waals surface area contributed by atoms with Crippen LogP contribution >= 0.6 is 15.9 Å². The van der Waals surface area contributed by atoms with Gasteiger partial charge in [0.1, 0.15) is 6.10 Å². The maximum Gasteiger partial charge on any atom is 0.250 e. The van der Waals surface area contributed by atoms with E-state index in [1.807, 2.05) is 0 Å². The van der Waals surface area contributed by atoms with Crippen molar-refractivity contribution in [2.45, 2.75) is 18.9 Å². The summed E-state index contributed by atoms with van der Waals surface area (Å²) in [4.78, 5) is 6.17. The van der Waals surface area contributed by atoms with Gasteiger partial charge in [0.25, 0.3) is 5.88 Å². The fourth-order valence-corrected chi connectivity index (χ4v) is 2.05. The minimum Gasteiger partial charge on any atom is -0.472 e. The number of rotatable bonds is 2. The van der Waals surface area contributed by atoms with Crippen molar-refractivity contribution < 1.29 is 9.13 Å². The van der Waals surface area contributed by atoms with E-state index < -0.39 is 5.82 Å². The zero-order chi connectivity index (χ0) is 11.5. The molecular formula is C11H14BrFN2O. The molecule has 0 bridgehead atoms. The van der Waals surface area contributed by atoms with Crippen LogP contribution in [0.25, 0.3) is 0 Å². The van der Waals surface area contributed by atoms with Gasteiger partial charge >= 0.3 is 0 Å². The molecule has 16 heavy (non-hydrogen) atoms. The van der Waals surface area contributed by atoms with Crippen molar-refractivity contribution in [3.63, 3.8) is 0 Å². The molecule has 3 nitrogen and oxygen atoms in total. The molecular weight excluding hydrogens is 275 g/mol. The lowest BCUT2D eigenvalue weighted by atomic mass is 10.1. The third kappa shape index (κ3) is 2.92. The Morgan fingerprint density at radius 1 is 1.50 bits per heavy atom.